The molecule has 0 aromatic rings. The summed E-state index contributed by atoms with van der Waals surface area (Å²) in [6.45, 7) is 2.30. The van der Waals surface area contributed by atoms with E-state index in [2.05, 4.69) is 10.5 Å². The fraction of sp³-hybridized carbons (Fsp3) is 0.778. The van der Waals surface area contributed by atoms with E-state index in [9.17, 15) is 4.79 Å². The second-order valence-corrected chi connectivity index (χ2v) is 3.77. The van der Waals surface area contributed by atoms with E-state index in [1.165, 1.54) is 12.8 Å². The molecule has 0 aromatic heterocycles. The second-order valence-electron chi connectivity index (χ2n) is 3.77. The summed E-state index contributed by atoms with van der Waals surface area (Å²) in [5.41, 5.74) is 5.30. The van der Waals surface area contributed by atoms with Gasteiger partial charge in [0.2, 0.25) is 5.91 Å². The molecule has 1 unspecified atom stereocenters. The first-order valence-electron chi connectivity index (χ1n) is 4.90. The third-order valence-electron chi connectivity index (χ3n) is 2.50. The van der Waals surface area contributed by atoms with Crippen molar-refractivity contribution in [2.24, 2.45) is 22.7 Å². The lowest BCUT2D eigenvalue weighted by Gasteiger charge is -2.09. The molecule has 14 heavy (non-hydrogen) atoms. The van der Waals surface area contributed by atoms with Crippen molar-refractivity contribution in [3.05, 3.63) is 0 Å². The highest BCUT2D eigenvalue weighted by Crippen LogP contribution is 2.31. The van der Waals surface area contributed by atoms with E-state index in [4.69, 9.17) is 10.9 Å². The van der Waals surface area contributed by atoms with Crippen LogP contribution in [0.4, 0.5) is 0 Å². The molecule has 0 bridgehead atoms. The largest absolute Gasteiger partial charge is 0.409 e. The van der Waals surface area contributed by atoms with E-state index in [1.54, 1.807) is 6.92 Å². The molecule has 1 aliphatic carbocycles. The van der Waals surface area contributed by atoms with E-state index >= 15 is 0 Å². The van der Waals surface area contributed by atoms with Gasteiger partial charge in [0.15, 0.2) is 5.84 Å². The van der Waals surface area contributed by atoms with Crippen LogP contribution in [0.15, 0.2) is 5.16 Å². The number of oxime groups is 1. The van der Waals surface area contributed by atoms with Crippen molar-refractivity contribution in [3.63, 3.8) is 0 Å². The summed E-state index contributed by atoms with van der Waals surface area (Å²) in [5.74, 6) is 0.0172. The number of hydrogen-bond donors (Lipinski definition) is 3. The van der Waals surface area contributed by atoms with Crippen molar-refractivity contribution < 1.29 is 10.0 Å². The maximum atomic E-state index is 11.4. The Morgan fingerprint density at radius 1 is 1.71 bits per heavy atom. The predicted molar refractivity (Wildman–Crippen MR) is 52.9 cm³/mol. The molecule has 5 nitrogen and oxygen atoms in total. The van der Waals surface area contributed by atoms with Gasteiger partial charge in [0.1, 0.15) is 0 Å². The van der Waals surface area contributed by atoms with Crippen molar-refractivity contribution in [1.29, 1.82) is 0 Å². The normalized spacial score (nSPS) is 19.1. The fourth-order valence-electron chi connectivity index (χ4n) is 1.18. The number of rotatable bonds is 5. The minimum atomic E-state index is -0.556. The lowest BCUT2D eigenvalue weighted by atomic mass is 10.1. The highest BCUT2D eigenvalue weighted by molar-refractivity contribution is 6.01. The van der Waals surface area contributed by atoms with E-state index in [0.29, 0.717) is 6.54 Å². The molecule has 1 amide bonds. The summed E-state index contributed by atoms with van der Waals surface area (Å²) < 4.78 is 0. The molecule has 0 saturated heterocycles. The van der Waals surface area contributed by atoms with Crippen molar-refractivity contribution in [2.45, 2.75) is 26.2 Å². The van der Waals surface area contributed by atoms with Gasteiger partial charge in [-0.05, 0) is 19.3 Å². The first-order valence-corrected chi connectivity index (χ1v) is 4.90. The Morgan fingerprint density at radius 2 is 2.36 bits per heavy atom. The third kappa shape index (κ3) is 3.24. The topological polar surface area (TPSA) is 87.7 Å². The summed E-state index contributed by atoms with van der Waals surface area (Å²) in [5, 5.41) is 13.9. The molecular formula is C9H17N3O2. The van der Waals surface area contributed by atoms with Crippen LogP contribution in [0.5, 0.6) is 0 Å². The smallest absolute Gasteiger partial charge is 0.230 e. The van der Waals surface area contributed by atoms with Crippen LogP contribution in [-0.4, -0.2) is 23.5 Å². The molecule has 0 radical (unpaired) electrons. The number of nitrogens with two attached hydrogens (primary N) is 1. The monoisotopic (exact) mass is 199 g/mol. The molecule has 0 heterocycles. The molecule has 0 spiro atoms. The Bertz CT molecular complexity index is 236. The number of amidine groups is 1. The average Bonchev–Trinajstić information content (AvgIpc) is 2.99. The summed E-state index contributed by atoms with van der Waals surface area (Å²) in [6, 6.07) is 0. The lowest BCUT2D eigenvalue weighted by Crippen LogP contribution is -2.37. The van der Waals surface area contributed by atoms with Gasteiger partial charge in [0.25, 0.3) is 0 Å². The number of carbonyl (C=O) groups excluding carboxylic acids is 1. The van der Waals surface area contributed by atoms with Crippen LogP contribution in [0.25, 0.3) is 0 Å². The van der Waals surface area contributed by atoms with Gasteiger partial charge in [-0.2, -0.15) is 0 Å². The molecule has 1 saturated carbocycles. The average molecular weight is 199 g/mol. The van der Waals surface area contributed by atoms with E-state index in [1.807, 2.05) is 0 Å². The SMILES string of the molecule is CC(C(=O)NCCC1CC1)C(N)=NO. The highest BCUT2D eigenvalue weighted by atomic mass is 16.4. The zero-order valence-corrected chi connectivity index (χ0v) is 8.36. The number of nitrogens with one attached hydrogen (secondary N) is 1. The standard InChI is InChI=1S/C9H17N3O2/c1-6(8(10)12-14)9(13)11-5-4-7-2-3-7/h6-7,14H,2-5H2,1H3,(H2,10,12)(H,11,13). The van der Waals surface area contributed by atoms with Crippen LogP contribution < -0.4 is 11.1 Å². The molecule has 4 N–H and O–H groups in total. The van der Waals surface area contributed by atoms with Crippen LogP contribution in [0, 0.1) is 11.8 Å². The Kier molecular flexibility index (Phi) is 3.73. The zero-order valence-electron chi connectivity index (χ0n) is 8.36. The van der Waals surface area contributed by atoms with Gasteiger partial charge in [0, 0.05) is 6.54 Å². The maximum absolute atomic E-state index is 11.4. The van der Waals surface area contributed by atoms with E-state index < -0.39 is 5.92 Å². The van der Waals surface area contributed by atoms with Gasteiger partial charge in [-0.25, -0.2) is 0 Å². The Labute approximate surface area is 83.3 Å². The number of nitrogens with zero attached hydrogens (tertiary/aromatic N) is 1. The Morgan fingerprint density at radius 3 is 2.86 bits per heavy atom. The summed E-state index contributed by atoms with van der Waals surface area (Å²) in [6.07, 6.45) is 3.60. The minimum absolute atomic E-state index is 0.0473. The molecule has 1 atom stereocenters. The van der Waals surface area contributed by atoms with E-state index in [-0.39, 0.29) is 11.7 Å². The van der Waals surface area contributed by atoms with Gasteiger partial charge in [-0.3, -0.25) is 4.79 Å². The fourth-order valence-corrected chi connectivity index (χ4v) is 1.18. The van der Waals surface area contributed by atoms with Crippen molar-refractivity contribution in [3.8, 4) is 0 Å². The van der Waals surface area contributed by atoms with Crippen LogP contribution in [0.2, 0.25) is 0 Å². The van der Waals surface area contributed by atoms with Crippen molar-refractivity contribution in [2.75, 3.05) is 6.54 Å². The first-order chi connectivity index (χ1) is 6.65. The van der Waals surface area contributed by atoms with Crippen molar-refractivity contribution in [1.82, 2.24) is 5.32 Å². The number of hydrogen-bond acceptors (Lipinski definition) is 3. The molecule has 1 fully saturated rings. The molecule has 0 aromatic carbocycles. The molecular weight excluding hydrogens is 182 g/mol. The lowest BCUT2D eigenvalue weighted by molar-refractivity contribution is -0.122. The minimum Gasteiger partial charge on any atom is -0.409 e. The van der Waals surface area contributed by atoms with Crippen LogP contribution in [0.1, 0.15) is 26.2 Å². The predicted octanol–water partition coefficient (Wildman–Crippen LogP) is 0.285. The number of amides is 1. The third-order valence-corrected chi connectivity index (χ3v) is 2.50. The summed E-state index contributed by atoms with van der Waals surface area (Å²) in [4.78, 5) is 11.4. The van der Waals surface area contributed by atoms with Crippen LogP contribution in [-0.2, 0) is 4.79 Å². The summed E-state index contributed by atoms with van der Waals surface area (Å²) in [7, 11) is 0. The van der Waals surface area contributed by atoms with Gasteiger partial charge in [0.05, 0.1) is 5.92 Å². The molecule has 1 rings (SSSR count). The first kappa shape index (κ1) is 10.8. The molecule has 0 aliphatic heterocycles. The molecule has 5 heteroatoms. The highest BCUT2D eigenvalue weighted by Gasteiger charge is 2.22. The Balaban J connectivity index is 2.18. The van der Waals surface area contributed by atoms with Crippen LogP contribution in [0.3, 0.4) is 0 Å². The molecule has 80 valence electrons. The maximum Gasteiger partial charge on any atom is 0.230 e. The Hall–Kier alpha value is -1.26. The van der Waals surface area contributed by atoms with Gasteiger partial charge in [-0.15, -0.1) is 0 Å². The molecule has 1 aliphatic rings. The number of carbonyl (C=O) groups is 1. The van der Waals surface area contributed by atoms with E-state index in [0.717, 1.165) is 12.3 Å². The van der Waals surface area contributed by atoms with Gasteiger partial charge in [-0.1, -0.05) is 18.0 Å². The quantitative estimate of drug-likeness (QED) is 0.257. The van der Waals surface area contributed by atoms with Crippen molar-refractivity contribution >= 4 is 11.7 Å². The van der Waals surface area contributed by atoms with Gasteiger partial charge < -0.3 is 16.3 Å². The summed E-state index contributed by atoms with van der Waals surface area (Å²) >= 11 is 0. The second kappa shape index (κ2) is 4.83. The zero-order chi connectivity index (χ0) is 10.6. The van der Waals surface area contributed by atoms with Gasteiger partial charge >= 0.3 is 0 Å². The van der Waals surface area contributed by atoms with Crippen LogP contribution >= 0.6 is 0 Å².